The first kappa shape index (κ1) is 9.26. The molecule has 1 heterocycles. The average Bonchev–Trinajstić information content (AvgIpc) is 1.91. The van der Waals surface area contributed by atoms with Crippen molar-refractivity contribution in [1.29, 1.82) is 0 Å². The fourth-order valence-electron chi connectivity index (χ4n) is 0.767. The smallest absolute Gasteiger partial charge is 0.151 e. The maximum Gasteiger partial charge on any atom is 0.151 e. The number of hydrogen-bond acceptors (Lipinski definition) is 3. The van der Waals surface area contributed by atoms with Gasteiger partial charge >= 0.3 is 0 Å². The van der Waals surface area contributed by atoms with Crippen LogP contribution in [0, 0.1) is 0 Å². The SMILES string of the molecule is CC(C)(C)Nc1ccc(Cl)nn1. The van der Waals surface area contributed by atoms with Gasteiger partial charge in [-0.25, -0.2) is 0 Å². The summed E-state index contributed by atoms with van der Waals surface area (Å²) in [5.41, 5.74) is 0.00249. The molecular weight excluding hydrogens is 174 g/mol. The number of hydrogen-bond donors (Lipinski definition) is 1. The number of nitrogens with one attached hydrogen (secondary N) is 1. The van der Waals surface area contributed by atoms with Crippen LogP contribution >= 0.6 is 11.6 Å². The molecule has 0 aliphatic carbocycles. The molecule has 1 N–H and O–H groups in total. The average molecular weight is 186 g/mol. The van der Waals surface area contributed by atoms with Crippen molar-refractivity contribution in [3.05, 3.63) is 17.3 Å². The van der Waals surface area contributed by atoms with Crippen LogP contribution in [0.5, 0.6) is 0 Å². The molecule has 0 saturated heterocycles. The first-order valence-corrected chi connectivity index (χ1v) is 4.12. The Kier molecular flexibility index (Phi) is 2.52. The van der Waals surface area contributed by atoms with E-state index in [9.17, 15) is 0 Å². The molecule has 1 aromatic rings. The topological polar surface area (TPSA) is 37.8 Å². The molecule has 0 saturated carbocycles. The predicted molar refractivity (Wildman–Crippen MR) is 50.4 cm³/mol. The number of anilines is 1. The highest BCUT2D eigenvalue weighted by Gasteiger charge is 2.09. The van der Waals surface area contributed by atoms with E-state index in [1.807, 2.05) is 0 Å². The van der Waals surface area contributed by atoms with Gasteiger partial charge in [0.05, 0.1) is 0 Å². The van der Waals surface area contributed by atoms with Crippen LogP contribution in [0.2, 0.25) is 5.15 Å². The maximum atomic E-state index is 5.58. The minimum Gasteiger partial charge on any atom is -0.364 e. The van der Waals surface area contributed by atoms with Gasteiger partial charge in [-0.1, -0.05) is 11.6 Å². The van der Waals surface area contributed by atoms with Crippen LogP contribution < -0.4 is 5.32 Å². The molecule has 0 aliphatic heterocycles. The van der Waals surface area contributed by atoms with E-state index in [1.165, 1.54) is 0 Å². The van der Waals surface area contributed by atoms with Gasteiger partial charge in [-0.05, 0) is 32.9 Å². The minimum absolute atomic E-state index is 0.00249. The van der Waals surface area contributed by atoms with Crippen LogP contribution in [0.15, 0.2) is 12.1 Å². The molecule has 4 heteroatoms. The van der Waals surface area contributed by atoms with Gasteiger partial charge in [0.25, 0.3) is 0 Å². The van der Waals surface area contributed by atoms with Crippen molar-refractivity contribution < 1.29 is 0 Å². The molecular formula is C8H12ClN3. The summed E-state index contributed by atoms with van der Waals surface area (Å²) in [6.07, 6.45) is 0. The third-order valence-corrected chi connectivity index (χ3v) is 1.34. The van der Waals surface area contributed by atoms with Crippen LogP contribution in [0.1, 0.15) is 20.8 Å². The number of rotatable bonds is 1. The summed E-state index contributed by atoms with van der Waals surface area (Å²) in [5.74, 6) is 0.743. The Balaban J connectivity index is 2.71. The molecule has 3 nitrogen and oxygen atoms in total. The summed E-state index contributed by atoms with van der Waals surface area (Å²) in [4.78, 5) is 0. The predicted octanol–water partition coefficient (Wildman–Crippen LogP) is 2.34. The number of nitrogens with zero attached hydrogens (tertiary/aromatic N) is 2. The quantitative estimate of drug-likeness (QED) is 0.730. The first-order chi connectivity index (χ1) is 5.47. The van der Waals surface area contributed by atoms with Gasteiger partial charge in [-0.3, -0.25) is 0 Å². The Morgan fingerprint density at radius 2 is 1.92 bits per heavy atom. The molecule has 0 bridgehead atoms. The van der Waals surface area contributed by atoms with E-state index in [0.717, 1.165) is 5.82 Å². The van der Waals surface area contributed by atoms with E-state index in [1.54, 1.807) is 12.1 Å². The zero-order valence-corrected chi connectivity index (χ0v) is 8.18. The van der Waals surface area contributed by atoms with Gasteiger partial charge in [0.2, 0.25) is 0 Å². The van der Waals surface area contributed by atoms with Crippen LogP contribution in [0.4, 0.5) is 5.82 Å². The summed E-state index contributed by atoms with van der Waals surface area (Å²) in [6.45, 7) is 6.18. The lowest BCUT2D eigenvalue weighted by molar-refractivity contribution is 0.628. The molecule has 12 heavy (non-hydrogen) atoms. The Hall–Kier alpha value is -0.830. The Morgan fingerprint density at radius 1 is 1.25 bits per heavy atom. The van der Waals surface area contributed by atoms with E-state index in [-0.39, 0.29) is 5.54 Å². The fourth-order valence-corrected chi connectivity index (χ4v) is 0.868. The second-order valence-corrected chi connectivity index (χ2v) is 4.00. The molecule has 0 unspecified atom stereocenters. The summed E-state index contributed by atoms with van der Waals surface area (Å²) in [7, 11) is 0. The molecule has 0 atom stereocenters. The van der Waals surface area contributed by atoms with Crippen molar-refractivity contribution in [2.45, 2.75) is 26.3 Å². The zero-order valence-electron chi connectivity index (χ0n) is 7.43. The van der Waals surface area contributed by atoms with E-state index >= 15 is 0 Å². The van der Waals surface area contributed by atoms with Gasteiger partial charge in [-0.2, -0.15) is 0 Å². The first-order valence-electron chi connectivity index (χ1n) is 3.75. The van der Waals surface area contributed by atoms with Gasteiger partial charge in [0.15, 0.2) is 5.15 Å². The standard InChI is InChI=1S/C8H12ClN3/c1-8(2,3)10-7-5-4-6(9)11-12-7/h4-5H,1-3H3,(H,10,12). The molecule has 0 spiro atoms. The molecule has 66 valence electrons. The zero-order chi connectivity index (χ0) is 9.19. The van der Waals surface area contributed by atoms with Gasteiger partial charge in [0.1, 0.15) is 5.82 Å². The fraction of sp³-hybridized carbons (Fsp3) is 0.500. The van der Waals surface area contributed by atoms with E-state index in [0.29, 0.717) is 5.15 Å². The summed E-state index contributed by atoms with van der Waals surface area (Å²) in [5, 5.41) is 11.2. The minimum atomic E-state index is 0.00249. The number of aromatic nitrogens is 2. The summed E-state index contributed by atoms with van der Waals surface area (Å²) < 4.78 is 0. The van der Waals surface area contributed by atoms with Gasteiger partial charge < -0.3 is 5.32 Å². The molecule has 0 aliphatic rings. The lowest BCUT2D eigenvalue weighted by atomic mass is 10.1. The third kappa shape index (κ3) is 3.05. The van der Waals surface area contributed by atoms with Crippen molar-refractivity contribution in [2.24, 2.45) is 0 Å². The monoisotopic (exact) mass is 185 g/mol. The Labute approximate surface area is 77.2 Å². The Bertz CT molecular complexity index is 250. The largest absolute Gasteiger partial charge is 0.364 e. The highest BCUT2D eigenvalue weighted by molar-refractivity contribution is 6.29. The lowest BCUT2D eigenvalue weighted by Gasteiger charge is -2.20. The highest BCUT2D eigenvalue weighted by Crippen LogP contribution is 2.11. The van der Waals surface area contributed by atoms with E-state index in [4.69, 9.17) is 11.6 Å². The van der Waals surface area contributed by atoms with Gasteiger partial charge in [-0.15, -0.1) is 10.2 Å². The normalized spacial score (nSPS) is 11.3. The number of halogens is 1. The molecule has 0 amide bonds. The molecule has 0 fully saturated rings. The van der Waals surface area contributed by atoms with Crippen molar-refractivity contribution in [3.63, 3.8) is 0 Å². The second kappa shape index (κ2) is 3.27. The second-order valence-electron chi connectivity index (χ2n) is 3.62. The van der Waals surface area contributed by atoms with E-state index < -0.39 is 0 Å². The lowest BCUT2D eigenvalue weighted by Crippen LogP contribution is -2.26. The van der Waals surface area contributed by atoms with Gasteiger partial charge in [0, 0.05) is 5.54 Å². The van der Waals surface area contributed by atoms with E-state index in [2.05, 4.69) is 36.3 Å². The van der Waals surface area contributed by atoms with Crippen molar-refractivity contribution in [2.75, 3.05) is 5.32 Å². The maximum absolute atomic E-state index is 5.58. The molecule has 1 rings (SSSR count). The third-order valence-electron chi connectivity index (χ3n) is 1.14. The van der Waals surface area contributed by atoms with Crippen molar-refractivity contribution in [3.8, 4) is 0 Å². The van der Waals surface area contributed by atoms with Crippen molar-refractivity contribution in [1.82, 2.24) is 10.2 Å². The van der Waals surface area contributed by atoms with Crippen LogP contribution in [0.25, 0.3) is 0 Å². The van der Waals surface area contributed by atoms with Crippen LogP contribution in [-0.2, 0) is 0 Å². The van der Waals surface area contributed by atoms with Crippen LogP contribution in [-0.4, -0.2) is 15.7 Å². The summed E-state index contributed by atoms with van der Waals surface area (Å²) in [6, 6.07) is 3.52. The van der Waals surface area contributed by atoms with Crippen molar-refractivity contribution >= 4 is 17.4 Å². The van der Waals surface area contributed by atoms with Crippen LogP contribution in [0.3, 0.4) is 0 Å². The Morgan fingerprint density at radius 3 is 2.33 bits per heavy atom. The molecule has 0 aromatic carbocycles. The highest BCUT2D eigenvalue weighted by atomic mass is 35.5. The molecule has 0 radical (unpaired) electrons. The molecule has 1 aromatic heterocycles. The summed E-state index contributed by atoms with van der Waals surface area (Å²) >= 11 is 5.58.